The number of rotatable bonds is 7. The van der Waals surface area contributed by atoms with Crippen molar-refractivity contribution in [1.82, 2.24) is 29.3 Å². The number of aryl methyl sites for hydroxylation is 6. The first kappa shape index (κ1) is 53.6. The summed E-state index contributed by atoms with van der Waals surface area (Å²) in [7, 11) is 4.03. The minimum absolute atomic E-state index is 0. The van der Waals surface area contributed by atoms with Crippen LogP contribution in [0.1, 0.15) is 34.2 Å². The number of nitrogen functional groups attached to an aromatic ring is 2. The minimum Gasteiger partial charge on any atom is -0.423 e. The first-order chi connectivity index (χ1) is 27.9. The van der Waals surface area contributed by atoms with E-state index in [9.17, 15) is 40.5 Å². The van der Waals surface area contributed by atoms with Crippen molar-refractivity contribution in [2.24, 2.45) is 21.1 Å². The summed E-state index contributed by atoms with van der Waals surface area (Å²) in [6.07, 6.45) is 0. The Morgan fingerprint density at radius 2 is 1.00 bits per heavy atom. The number of anilines is 2. The van der Waals surface area contributed by atoms with E-state index in [1.165, 1.54) is 24.3 Å². The van der Waals surface area contributed by atoms with E-state index >= 15 is 0 Å². The average Bonchev–Trinajstić information content (AvgIpc) is 3.68. The van der Waals surface area contributed by atoms with E-state index in [1.54, 1.807) is 57.2 Å². The Morgan fingerprint density at radius 3 is 1.35 bits per heavy atom. The molecule has 0 spiro atoms. The van der Waals surface area contributed by atoms with Crippen molar-refractivity contribution in [2.75, 3.05) is 11.5 Å². The van der Waals surface area contributed by atoms with Crippen molar-refractivity contribution in [3.8, 4) is 22.3 Å². The number of hydrogen-bond donors (Lipinski definition) is 4. The zero-order valence-corrected chi connectivity index (χ0v) is 38.4. The van der Waals surface area contributed by atoms with Crippen molar-refractivity contribution in [2.45, 2.75) is 41.5 Å². The predicted molar refractivity (Wildman–Crippen MR) is 235 cm³/mol. The van der Waals surface area contributed by atoms with E-state index in [0.29, 0.717) is 39.4 Å². The van der Waals surface area contributed by atoms with Crippen molar-refractivity contribution in [1.29, 1.82) is 0 Å². The molecule has 3 heterocycles. The molecule has 0 saturated carbocycles. The van der Waals surface area contributed by atoms with Crippen LogP contribution in [-0.4, -0.2) is 66.2 Å². The van der Waals surface area contributed by atoms with Gasteiger partial charge in [-0.3, -0.25) is 54.5 Å². The van der Waals surface area contributed by atoms with Gasteiger partial charge in [-0.15, -0.1) is 0 Å². The van der Waals surface area contributed by atoms with Gasteiger partial charge in [-0.1, -0.05) is 6.07 Å². The van der Waals surface area contributed by atoms with Gasteiger partial charge in [-0.05, 0) is 81.7 Å². The normalized spacial score (nSPS) is 10.0. The van der Waals surface area contributed by atoms with Crippen LogP contribution in [0.5, 0.6) is 0 Å². The summed E-state index contributed by atoms with van der Waals surface area (Å²) in [4.78, 5) is 39.9. The van der Waals surface area contributed by atoms with Crippen LogP contribution < -0.4 is 16.9 Å². The van der Waals surface area contributed by atoms with E-state index in [4.69, 9.17) is 21.5 Å². The van der Waals surface area contributed by atoms with Gasteiger partial charge in [0.2, 0.25) is 0 Å². The van der Waals surface area contributed by atoms with Gasteiger partial charge >= 0.3 is 7.12 Å². The maximum atomic E-state index is 11.2. The molecule has 6 aromatic rings. The SMILES string of the molecule is Cc1nn(C)c(C)c1-c1ccc(N)cc1N.Cc1nn(C)c(C)c1-c1ccc([N+](=O)[O-])cc1[N+](=O)[O-].Cc1nn(C)c(C)c1B(O)O.O=[N+]([O-])c1ccc(Br)c([N+](=O)[O-])c1.[CH3-].[Pd]. The van der Waals surface area contributed by atoms with Gasteiger partial charge in [0.25, 0.3) is 22.7 Å². The van der Waals surface area contributed by atoms with Crippen LogP contribution in [0.15, 0.2) is 59.1 Å². The molecule has 0 radical (unpaired) electrons. The number of hydrogen-bond acceptors (Lipinski definition) is 15. The van der Waals surface area contributed by atoms with Crippen LogP contribution in [0.4, 0.5) is 34.1 Å². The van der Waals surface area contributed by atoms with E-state index in [2.05, 4.69) is 31.2 Å². The number of nitro benzene ring substituents is 4. The van der Waals surface area contributed by atoms with E-state index in [1.807, 2.05) is 37.7 Å². The van der Waals surface area contributed by atoms with Crippen LogP contribution >= 0.6 is 15.9 Å². The molecule has 62 heavy (non-hydrogen) atoms. The smallest absolute Gasteiger partial charge is 0.423 e. The maximum Gasteiger partial charge on any atom is 0.492 e. The second kappa shape index (κ2) is 22.5. The molecule has 0 aliphatic heterocycles. The topological polar surface area (TPSA) is 319 Å². The molecule has 3 aromatic carbocycles. The molecule has 0 aliphatic carbocycles. The van der Waals surface area contributed by atoms with Crippen molar-refractivity contribution in [3.05, 3.63) is 141 Å². The van der Waals surface area contributed by atoms with Crippen molar-refractivity contribution < 1.29 is 50.2 Å². The number of aromatic nitrogens is 6. The fourth-order valence-electron chi connectivity index (χ4n) is 6.05. The van der Waals surface area contributed by atoms with E-state index in [0.717, 1.165) is 46.0 Å². The fraction of sp³-hybridized carbons (Fsp3) is 0.243. The molecule has 0 amide bonds. The van der Waals surface area contributed by atoms with E-state index < -0.39 is 26.8 Å². The molecule has 3 aromatic heterocycles. The zero-order chi connectivity index (χ0) is 45.5. The Hall–Kier alpha value is -6.38. The molecule has 334 valence electrons. The van der Waals surface area contributed by atoms with Gasteiger partial charge < -0.3 is 28.9 Å². The van der Waals surface area contributed by atoms with Crippen LogP contribution in [0.25, 0.3) is 22.3 Å². The molecular formula is C37H45BBrN12O10Pd-. The van der Waals surface area contributed by atoms with E-state index in [-0.39, 0.29) is 55.1 Å². The van der Waals surface area contributed by atoms with Crippen molar-refractivity contribution in [3.63, 3.8) is 0 Å². The average molecular weight is 1010 g/mol. The minimum atomic E-state index is -1.41. The standard InChI is InChI=1S/C12H12N4O4.C12H16N4.C6H11BN2O2.C6H3BrN2O4.CH3.Pd/c1-7-12(8(2)14(3)13-7)10-5-4-9(15(17)18)6-11(10)16(19)20;1-7-12(8(2)16(3)15-7)10-5-4-9(13)6-11(10)14;1-4-6(7(10)11)5(2)9(3)8-4;7-5-2-1-4(8(10)11)3-6(5)9(12)13;;/h4-6H,1-3H3;4-6H,13-14H2,1-3H3;10-11H,1-3H3;1-3H;1H3;/q;;;;-1;. The molecule has 22 nitrogen and oxygen atoms in total. The summed E-state index contributed by atoms with van der Waals surface area (Å²) in [5.74, 6) is 0. The van der Waals surface area contributed by atoms with Gasteiger partial charge in [0.05, 0.1) is 58.9 Å². The van der Waals surface area contributed by atoms with Gasteiger partial charge in [0.15, 0.2) is 0 Å². The summed E-state index contributed by atoms with van der Waals surface area (Å²) in [6.45, 7) is 11.1. The molecule has 0 aliphatic rings. The molecule has 0 atom stereocenters. The first-order valence-corrected chi connectivity index (χ1v) is 18.2. The quantitative estimate of drug-likeness (QED) is 0.0481. The van der Waals surface area contributed by atoms with Crippen LogP contribution in [-0.2, 0) is 41.6 Å². The third kappa shape index (κ3) is 12.6. The Kier molecular flexibility index (Phi) is 19.4. The third-order valence-electron chi connectivity index (χ3n) is 9.18. The summed E-state index contributed by atoms with van der Waals surface area (Å²) < 4.78 is 5.34. The molecule has 0 unspecified atom stereocenters. The van der Waals surface area contributed by atoms with Crippen molar-refractivity contribution >= 4 is 62.6 Å². The molecule has 6 N–H and O–H groups in total. The summed E-state index contributed by atoms with van der Waals surface area (Å²) in [6, 6.07) is 12.6. The van der Waals surface area contributed by atoms with Gasteiger partial charge in [0.1, 0.15) is 0 Å². The predicted octanol–water partition coefficient (Wildman–Crippen LogP) is 5.82. The van der Waals surface area contributed by atoms with Gasteiger partial charge in [-0.25, -0.2) is 0 Å². The monoisotopic (exact) mass is 1010 g/mol. The number of benzene rings is 3. The number of nitrogens with zero attached hydrogens (tertiary/aromatic N) is 10. The summed E-state index contributed by atoms with van der Waals surface area (Å²) >= 11 is 2.92. The van der Waals surface area contributed by atoms with Crippen LogP contribution in [0, 0.1) is 89.4 Å². The summed E-state index contributed by atoms with van der Waals surface area (Å²) in [5, 5.41) is 72.9. The maximum absolute atomic E-state index is 11.2. The second-order valence-electron chi connectivity index (χ2n) is 13.1. The number of halogens is 1. The number of nitrogens with two attached hydrogens (primary N) is 2. The number of non-ortho nitro benzene ring substituents is 2. The Labute approximate surface area is 378 Å². The first-order valence-electron chi connectivity index (χ1n) is 17.4. The molecule has 0 saturated heterocycles. The molecule has 25 heteroatoms. The third-order valence-corrected chi connectivity index (χ3v) is 9.85. The largest absolute Gasteiger partial charge is 0.492 e. The molecule has 6 rings (SSSR count). The molecular weight excluding hydrogens is 970 g/mol. The van der Waals surface area contributed by atoms with Crippen LogP contribution in [0.2, 0.25) is 0 Å². The fourth-order valence-corrected chi connectivity index (χ4v) is 6.44. The second-order valence-corrected chi connectivity index (χ2v) is 14.0. The Morgan fingerprint density at radius 1 is 0.597 bits per heavy atom. The number of nitro groups is 4. The van der Waals surface area contributed by atoms with Gasteiger partial charge in [-0.2, -0.15) is 15.3 Å². The van der Waals surface area contributed by atoms with Crippen LogP contribution in [0.3, 0.4) is 0 Å². The summed E-state index contributed by atoms with van der Waals surface area (Å²) in [5.41, 5.74) is 20.4. The Bertz CT molecular complexity index is 2610. The Balaban J connectivity index is 0.000000419. The molecule has 0 bridgehead atoms. The zero-order valence-electron chi connectivity index (χ0n) is 35.3. The van der Waals surface area contributed by atoms with Gasteiger partial charge in [0, 0.05) is 104 Å². The molecule has 0 fully saturated rings.